The van der Waals surface area contributed by atoms with E-state index in [0.717, 1.165) is 52.9 Å². The van der Waals surface area contributed by atoms with Crippen LogP contribution in [-0.2, 0) is 6.42 Å². The van der Waals surface area contributed by atoms with Gasteiger partial charge in [-0.25, -0.2) is 9.67 Å². The summed E-state index contributed by atoms with van der Waals surface area (Å²) in [4.78, 5) is 18.1. The lowest BCUT2D eigenvalue weighted by atomic mass is 10.1. The number of nitrogens with zero attached hydrogens (tertiary/aromatic N) is 3. The van der Waals surface area contributed by atoms with Gasteiger partial charge in [0.2, 0.25) is 0 Å². The maximum absolute atomic E-state index is 13.2. The molecule has 1 aliphatic rings. The molecule has 0 spiro atoms. The molecular weight excluding hydrogens is 408 g/mol. The molecule has 2 aromatic heterocycles. The predicted octanol–water partition coefficient (Wildman–Crippen LogP) is 5.23. The highest BCUT2D eigenvalue weighted by Gasteiger charge is 2.29. The van der Waals surface area contributed by atoms with Crippen LogP contribution < -0.4 is 5.32 Å². The molecule has 0 aliphatic heterocycles. The van der Waals surface area contributed by atoms with Crippen LogP contribution in [0.2, 0.25) is 5.02 Å². The van der Waals surface area contributed by atoms with Gasteiger partial charge in [0.05, 0.1) is 22.3 Å². The Kier molecular flexibility index (Phi) is 5.20. The van der Waals surface area contributed by atoms with Crippen molar-refractivity contribution in [2.75, 3.05) is 6.54 Å². The molecule has 0 saturated heterocycles. The first-order valence-electron chi connectivity index (χ1n) is 10.6. The summed E-state index contributed by atoms with van der Waals surface area (Å²) < 4.78 is 1.85. The molecule has 5 nitrogen and oxygen atoms in total. The van der Waals surface area contributed by atoms with E-state index in [1.165, 1.54) is 0 Å². The second kappa shape index (κ2) is 8.16. The fourth-order valence-electron chi connectivity index (χ4n) is 3.89. The van der Waals surface area contributed by atoms with Crippen LogP contribution in [0.5, 0.6) is 0 Å². The number of fused-ring (bicyclic) bond motifs is 1. The summed E-state index contributed by atoms with van der Waals surface area (Å²) >= 11 is 5.95. The molecule has 156 valence electrons. The highest BCUT2D eigenvalue weighted by Crippen LogP contribution is 2.40. The van der Waals surface area contributed by atoms with Crippen LogP contribution in [-0.4, -0.2) is 27.2 Å². The van der Waals surface area contributed by atoms with Crippen molar-refractivity contribution in [3.05, 3.63) is 88.2 Å². The van der Waals surface area contributed by atoms with Gasteiger partial charge in [0.15, 0.2) is 5.65 Å². The first-order chi connectivity index (χ1) is 15.1. The molecule has 1 fully saturated rings. The van der Waals surface area contributed by atoms with Gasteiger partial charge in [-0.05, 0) is 62.1 Å². The zero-order valence-electron chi connectivity index (χ0n) is 17.3. The van der Waals surface area contributed by atoms with E-state index in [2.05, 4.69) is 5.32 Å². The van der Waals surface area contributed by atoms with E-state index in [-0.39, 0.29) is 5.91 Å². The van der Waals surface area contributed by atoms with Gasteiger partial charge >= 0.3 is 0 Å². The van der Waals surface area contributed by atoms with Crippen molar-refractivity contribution in [3.63, 3.8) is 0 Å². The third-order valence-electron chi connectivity index (χ3n) is 5.69. The number of pyridine rings is 1. The lowest BCUT2D eigenvalue weighted by Gasteiger charge is -2.10. The van der Waals surface area contributed by atoms with E-state index in [0.29, 0.717) is 23.0 Å². The Labute approximate surface area is 186 Å². The van der Waals surface area contributed by atoms with Crippen molar-refractivity contribution in [3.8, 4) is 5.69 Å². The van der Waals surface area contributed by atoms with Crippen LogP contribution in [0.25, 0.3) is 16.7 Å². The minimum atomic E-state index is -0.0843. The number of carbonyl (C=O) groups excluding carboxylic acids is 1. The van der Waals surface area contributed by atoms with Gasteiger partial charge in [-0.15, -0.1) is 0 Å². The minimum absolute atomic E-state index is 0.0843. The normalized spacial score (nSPS) is 13.5. The molecule has 4 aromatic rings. The number of aryl methyl sites for hydroxylation is 1. The molecule has 1 N–H and O–H groups in total. The van der Waals surface area contributed by atoms with E-state index in [9.17, 15) is 4.79 Å². The van der Waals surface area contributed by atoms with Crippen LogP contribution in [0.4, 0.5) is 0 Å². The van der Waals surface area contributed by atoms with E-state index in [1.54, 1.807) is 0 Å². The molecule has 0 radical (unpaired) electrons. The summed E-state index contributed by atoms with van der Waals surface area (Å²) in [7, 11) is 0. The third kappa shape index (κ3) is 4.06. The number of para-hydroxylation sites is 1. The summed E-state index contributed by atoms with van der Waals surface area (Å²) in [6.45, 7) is 2.49. The SMILES string of the molecule is Cc1nn(-c2ccccc2)c2nc(C3CC3)cc(C(=O)NCCc3ccc(Cl)cc3)c12. The van der Waals surface area contributed by atoms with E-state index in [1.807, 2.05) is 72.3 Å². The summed E-state index contributed by atoms with van der Waals surface area (Å²) in [5, 5.41) is 9.33. The number of nitrogens with one attached hydrogen (secondary N) is 1. The van der Waals surface area contributed by atoms with Crippen molar-refractivity contribution < 1.29 is 4.79 Å². The quantitative estimate of drug-likeness (QED) is 0.455. The Bertz CT molecular complexity index is 1240. The van der Waals surface area contributed by atoms with E-state index in [4.69, 9.17) is 21.7 Å². The molecule has 1 aliphatic carbocycles. The molecule has 0 atom stereocenters. The van der Waals surface area contributed by atoms with Gasteiger partial charge < -0.3 is 5.32 Å². The molecule has 0 unspecified atom stereocenters. The molecule has 1 amide bonds. The number of halogens is 1. The molecule has 6 heteroatoms. The zero-order chi connectivity index (χ0) is 21.4. The Balaban J connectivity index is 1.47. The standard InChI is InChI=1S/C25H23ClN4O/c1-16-23-21(25(31)27-14-13-17-7-11-19(26)12-8-17)15-22(18-9-10-18)28-24(23)30(29-16)20-5-3-2-4-6-20/h2-8,11-12,15,18H,9-10,13-14H2,1H3,(H,27,31). The molecule has 0 bridgehead atoms. The summed E-state index contributed by atoms with van der Waals surface area (Å²) in [6.07, 6.45) is 2.98. The van der Waals surface area contributed by atoms with Crippen molar-refractivity contribution >= 4 is 28.5 Å². The summed E-state index contributed by atoms with van der Waals surface area (Å²) in [6, 6.07) is 19.6. The van der Waals surface area contributed by atoms with Crippen molar-refractivity contribution in [2.24, 2.45) is 0 Å². The second-order valence-corrected chi connectivity index (χ2v) is 8.47. The summed E-state index contributed by atoms with van der Waals surface area (Å²) in [5.74, 6) is 0.350. The van der Waals surface area contributed by atoms with Crippen LogP contribution in [0.15, 0.2) is 60.7 Å². The van der Waals surface area contributed by atoms with E-state index >= 15 is 0 Å². The fourth-order valence-corrected chi connectivity index (χ4v) is 4.02. The Morgan fingerprint density at radius 2 is 1.87 bits per heavy atom. The van der Waals surface area contributed by atoms with Gasteiger partial charge in [0.25, 0.3) is 5.91 Å². The maximum Gasteiger partial charge on any atom is 0.252 e. The van der Waals surface area contributed by atoms with Gasteiger partial charge in [-0.2, -0.15) is 5.10 Å². The molecule has 1 saturated carbocycles. The Morgan fingerprint density at radius 1 is 1.13 bits per heavy atom. The monoisotopic (exact) mass is 430 g/mol. The van der Waals surface area contributed by atoms with Crippen molar-refractivity contribution in [1.29, 1.82) is 0 Å². The van der Waals surface area contributed by atoms with Gasteiger partial charge in [0.1, 0.15) is 0 Å². The summed E-state index contributed by atoms with van der Waals surface area (Å²) in [5.41, 5.74) is 5.26. The number of hydrogen-bond donors (Lipinski definition) is 1. The lowest BCUT2D eigenvalue weighted by molar-refractivity contribution is 0.0955. The Morgan fingerprint density at radius 3 is 2.58 bits per heavy atom. The highest BCUT2D eigenvalue weighted by molar-refractivity contribution is 6.30. The van der Waals surface area contributed by atoms with Gasteiger partial charge in [-0.1, -0.05) is 41.9 Å². The Hall–Kier alpha value is -3.18. The fraction of sp³-hybridized carbons (Fsp3) is 0.240. The molecule has 2 heterocycles. The smallest absolute Gasteiger partial charge is 0.252 e. The van der Waals surface area contributed by atoms with Gasteiger partial charge in [-0.3, -0.25) is 4.79 Å². The molecule has 31 heavy (non-hydrogen) atoms. The number of benzene rings is 2. The van der Waals surface area contributed by atoms with Crippen LogP contribution in [0.3, 0.4) is 0 Å². The molecule has 5 rings (SSSR count). The number of rotatable bonds is 6. The first-order valence-corrected chi connectivity index (χ1v) is 11.0. The second-order valence-electron chi connectivity index (χ2n) is 8.03. The topological polar surface area (TPSA) is 59.8 Å². The maximum atomic E-state index is 13.2. The van der Waals surface area contributed by atoms with Crippen molar-refractivity contribution in [1.82, 2.24) is 20.1 Å². The average molecular weight is 431 g/mol. The first kappa shape index (κ1) is 19.8. The van der Waals surface area contributed by atoms with E-state index < -0.39 is 0 Å². The number of carbonyl (C=O) groups is 1. The van der Waals surface area contributed by atoms with Gasteiger partial charge in [0, 0.05) is 23.2 Å². The van der Waals surface area contributed by atoms with Crippen molar-refractivity contribution in [2.45, 2.75) is 32.1 Å². The van der Waals surface area contributed by atoms with Crippen LogP contribution in [0, 0.1) is 6.92 Å². The minimum Gasteiger partial charge on any atom is -0.352 e. The number of aromatic nitrogens is 3. The van der Waals surface area contributed by atoms with Crippen LogP contribution in [0.1, 0.15) is 46.1 Å². The zero-order valence-corrected chi connectivity index (χ0v) is 18.1. The molecular formula is C25H23ClN4O. The average Bonchev–Trinajstić information content (AvgIpc) is 3.59. The van der Waals surface area contributed by atoms with Crippen LogP contribution >= 0.6 is 11.6 Å². The predicted molar refractivity (Wildman–Crippen MR) is 123 cm³/mol. The molecule has 2 aromatic carbocycles. The number of hydrogen-bond acceptors (Lipinski definition) is 3. The lowest BCUT2D eigenvalue weighted by Crippen LogP contribution is -2.26. The largest absolute Gasteiger partial charge is 0.352 e. The third-order valence-corrected chi connectivity index (χ3v) is 5.94. The highest BCUT2D eigenvalue weighted by atomic mass is 35.5. The number of amides is 1.